The number of ether oxygens (including phenoxy) is 1. The molecule has 2 rings (SSSR count). The summed E-state index contributed by atoms with van der Waals surface area (Å²) in [5, 5.41) is 11.8. The molecule has 0 aliphatic heterocycles. The zero-order valence-electron chi connectivity index (χ0n) is 10.3. The predicted octanol–water partition coefficient (Wildman–Crippen LogP) is 1.53. The Morgan fingerprint density at radius 1 is 1.47 bits per heavy atom. The first-order chi connectivity index (χ1) is 9.21. The number of nitrogens with zero attached hydrogens (tertiary/aromatic N) is 2. The lowest BCUT2D eigenvalue weighted by molar-refractivity contribution is 0.181. The fraction of sp³-hybridized carbons (Fsp3) is 0.154. The van der Waals surface area contributed by atoms with Gasteiger partial charge in [0.1, 0.15) is 0 Å². The van der Waals surface area contributed by atoms with E-state index < -0.39 is 0 Å². The van der Waals surface area contributed by atoms with Crippen molar-refractivity contribution >= 4 is 11.6 Å². The molecular formula is C13H12N4O2. The molecule has 0 spiro atoms. The van der Waals surface area contributed by atoms with Gasteiger partial charge in [0, 0.05) is 18.9 Å². The highest BCUT2D eigenvalue weighted by Crippen LogP contribution is 2.13. The maximum absolute atomic E-state index is 11.5. The second-order valence-electron chi connectivity index (χ2n) is 3.84. The van der Waals surface area contributed by atoms with Crippen LogP contribution < -0.4 is 10.9 Å². The molecule has 96 valence electrons. The summed E-state index contributed by atoms with van der Waals surface area (Å²) in [7, 11) is 1.53. The lowest BCUT2D eigenvalue weighted by Crippen LogP contribution is -2.12. The summed E-state index contributed by atoms with van der Waals surface area (Å²) in [6, 6.07) is 10.3. The molecule has 0 bridgehead atoms. The van der Waals surface area contributed by atoms with Crippen molar-refractivity contribution in [3.05, 3.63) is 51.9 Å². The SMILES string of the molecule is COCc1cc(=O)[nH]c(Nc2cccc(C#N)c2)n1. The van der Waals surface area contributed by atoms with Crippen LogP contribution in [0.1, 0.15) is 11.3 Å². The van der Waals surface area contributed by atoms with Gasteiger partial charge in [-0.2, -0.15) is 5.26 Å². The number of hydrogen-bond donors (Lipinski definition) is 2. The Balaban J connectivity index is 2.27. The van der Waals surface area contributed by atoms with E-state index in [2.05, 4.69) is 15.3 Å². The van der Waals surface area contributed by atoms with Crippen LogP contribution in [0.4, 0.5) is 11.6 Å². The van der Waals surface area contributed by atoms with Gasteiger partial charge in [-0.15, -0.1) is 0 Å². The highest BCUT2D eigenvalue weighted by molar-refractivity contribution is 5.56. The van der Waals surface area contributed by atoms with E-state index in [1.807, 2.05) is 6.07 Å². The number of benzene rings is 1. The van der Waals surface area contributed by atoms with Crippen LogP contribution in [0, 0.1) is 11.3 Å². The van der Waals surface area contributed by atoms with E-state index >= 15 is 0 Å². The molecule has 0 radical (unpaired) electrons. The van der Waals surface area contributed by atoms with Crippen LogP contribution in [0.15, 0.2) is 35.1 Å². The van der Waals surface area contributed by atoms with Crippen LogP contribution in [0.25, 0.3) is 0 Å². The van der Waals surface area contributed by atoms with Gasteiger partial charge in [-0.25, -0.2) is 4.98 Å². The molecule has 1 aromatic heterocycles. The number of hydrogen-bond acceptors (Lipinski definition) is 5. The summed E-state index contributed by atoms with van der Waals surface area (Å²) >= 11 is 0. The maximum atomic E-state index is 11.5. The number of aromatic amines is 1. The molecule has 0 aliphatic rings. The Kier molecular flexibility index (Phi) is 3.90. The minimum Gasteiger partial charge on any atom is -0.378 e. The van der Waals surface area contributed by atoms with E-state index in [1.54, 1.807) is 24.3 Å². The van der Waals surface area contributed by atoms with Crippen LogP contribution >= 0.6 is 0 Å². The smallest absolute Gasteiger partial charge is 0.252 e. The fourth-order valence-electron chi connectivity index (χ4n) is 1.59. The standard InChI is InChI=1S/C13H12N4O2/c1-19-8-11-6-12(18)17-13(16-11)15-10-4-2-3-9(5-10)7-14/h2-6H,8H2,1H3,(H2,15,16,17,18). The predicted molar refractivity (Wildman–Crippen MR) is 70.0 cm³/mol. The molecule has 0 aliphatic carbocycles. The van der Waals surface area contributed by atoms with E-state index in [0.29, 0.717) is 22.9 Å². The van der Waals surface area contributed by atoms with Gasteiger partial charge in [0.15, 0.2) is 0 Å². The van der Waals surface area contributed by atoms with Crippen LogP contribution in [-0.2, 0) is 11.3 Å². The van der Waals surface area contributed by atoms with Crippen LogP contribution in [0.2, 0.25) is 0 Å². The number of rotatable bonds is 4. The molecule has 2 N–H and O–H groups in total. The molecule has 0 fully saturated rings. The summed E-state index contributed by atoms with van der Waals surface area (Å²) in [5.74, 6) is 0.314. The van der Waals surface area contributed by atoms with E-state index in [0.717, 1.165) is 0 Å². The minimum atomic E-state index is -0.263. The van der Waals surface area contributed by atoms with E-state index in [1.165, 1.54) is 13.2 Å². The number of H-pyrrole nitrogens is 1. The second kappa shape index (κ2) is 5.80. The van der Waals surface area contributed by atoms with E-state index in [9.17, 15) is 4.79 Å². The second-order valence-corrected chi connectivity index (χ2v) is 3.84. The number of aromatic nitrogens is 2. The Bertz CT molecular complexity index is 673. The van der Waals surface area contributed by atoms with Crippen molar-refractivity contribution in [1.82, 2.24) is 9.97 Å². The van der Waals surface area contributed by atoms with Gasteiger partial charge in [-0.05, 0) is 18.2 Å². The van der Waals surface area contributed by atoms with E-state index in [-0.39, 0.29) is 12.2 Å². The van der Waals surface area contributed by atoms with Crippen molar-refractivity contribution in [2.75, 3.05) is 12.4 Å². The first kappa shape index (κ1) is 12.8. The van der Waals surface area contributed by atoms with Crippen molar-refractivity contribution < 1.29 is 4.74 Å². The average Bonchev–Trinajstić information content (AvgIpc) is 2.38. The zero-order chi connectivity index (χ0) is 13.7. The van der Waals surface area contributed by atoms with Crippen LogP contribution in [0.3, 0.4) is 0 Å². The molecule has 19 heavy (non-hydrogen) atoms. The molecule has 6 nitrogen and oxygen atoms in total. The van der Waals surface area contributed by atoms with Crippen molar-refractivity contribution in [2.45, 2.75) is 6.61 Å². The zero-order valence-corrected chi connectivity index (χ0v) is 10.3. The van der Waals surface area contributed by atoms with Gasteiger partial charge >= 0.3 is 0 Å². The monoisotopic (exact) mass is 256 g/mol. The van der Waals surface area contributed by atoms with Gasteiger partial charge in [-0.1, -0.05) is 6.07 Å². The summed E-state index contributed by atoms with van der Waals surface area (Å²) in [6.07, 6.45) is 0. The Labute approximate surface area is 109 Å². The Hall–Kier alpha value is -2.65. The molecular weight excluding hydrogens is 244 g/mol. The Morgan fingerprint density at radius 3 is 3.05 bits per heavy atom. The number of anilines is 2. The summed E-state index contributed by atoms with van der Waals surface area (Å²) in [5.41, 5.74) is 1.48. The van der Waals surface area contributed by atoms with Gasteiger partial charge < -0.3 is 10.1 Å². The normalized spacial score (nSPS) is 9.89. The highest BCUT2D eigenvalue weighted by atomic mass is 16.5. The van der Waals surface area contributed by atoms with Crippen molar-refractivity contribution in [2.24, 2.45) is 0 Å². The molecule has 0 amide bonds. The topological polar surface area (TPSA) is 90.8 Å². The lowest BCUT2D eigenvalue weighted by Gasteiger charge is -2.06. The van der Waals surface area contributed by atoms with Gasteiger partial charge in [-0.3, -0.25) is 9.78 Å². The van der Waals surface area contributed by atoms with Gasteiger partial charge in [0.05, 0.1) is 23.9 Å². The third kappa shape index (κ3) is 3.40. The third-order valence-electron chi connectivity index (χ3n) is 2.34. The Morgan fingerprint density at radius 2 is 2.32 bits per heavy atom. The lowest BCUT2D eigenvalue weighted by atomic mass is 10.2. The first-order valence-electron chi connectivity index (χ1n) is 5.57. The highest BCUT2D eigenvalue weighted by Gasteiger charge is 2.02. The third-order valence-corrected chi connectivity index (χ3v) is 2.34. The van der Waals surface area contributed by atoms with Crippen molar-refractivity contribution in [1.29, 1.82) is 5.26 Å². The molecule has 1 aromatic carbocycles. The van der Waals surface area contributed by atoms with Gasteiger partial charge in [0.25, 0.3) is 5.56 Å². The summed E-state index contributed by atoms with van der Waals surface area (Å²) < 4.78 is 4.94. The van der Waals surface area contributed by atoms with Crippen molar-refractivity contribution in [3.63, 3.8) is 0 Å². The minimum absolute atomic E-state index is 0.261. The molecule has 2 aromatic rings. The molecule has 1 heterocycles. The van der Waals surface area contributed by atoms with Crippen LogP contribution in [0.5, 0.6) is 0 Å². The van der Waals surface area contributed by atoms with Crippen molar-refractivity contribution in [3.8, 4) is 6.07 Å². The number of nitriles is 1. The number of methoxy groups -OCH3 is 1. The van der Waals surface area contributed by atoms with Crippen LogP contribution in [-0.4, -0.2) is 17.1 Å². The summed E-state index contributed by atoms with van der Waals surface area (Å²) in [4.78, 5) is 18.2. The molecule has 6 heteroatoms. The molecule has 0 saturated heterocycles. The largest absolute Gasteiger partial charge is 0.378 e. The first-order valence-corrected chi connectivity index (χ1v) is 5.57. The molecule has 0 atom stereocenters. The summed E-state index contributed by atoms with van der Waals surface area (Å²) in [6.45, 7) is 0.261. The number of nitrogens with one attached hydrogen (secondary N) is 2. The fourth-order valence-corrected chi connectivity index (χ4v) is 1.59. The average molecular weight is 256 g/mol. The van der Waals surface area contributed by atoms with Gasteiger partial charge in [0.2, 0.25) is 5.95 Å². The molecule has 0 saturated carbocycles. The molecule has 0 unspecified atom stereocenters. The van der Waals surface area contributed by atoms with E-state index in [4.69, 9.17) is 10.00 Å². The maximum Gasteiger partial charge on any atom is 0.252 e. The quantitative estimate of drug-likeness (QED) is 0.865.